The molecule has 1 aromatic rings. The smallest absolute Gasteiger partial charge is 0.251 e. The molecule has 2 aliphatic rings. The fraction of sp³-hybridized carbons (Fsp3) is 0.500. The maximum Gasteiger partial charge on any atom is 0.251 e. The summed E-state index contributed by atoms with van der Waals surface area (Å²) in [4.78, 5) is 25.9. The average Bonchev–Trinajstić information content (AvgIpc) is 3.28. The number of carbonyl (C=O) groups is 2. The van der Waals surface area contributed by atoms with E-state index in [2.05, 4.69) is 5.32 Å². The first-order valence-electron chi connectivity index (χ1n) is 7.39. The second-order valence-electron chi connectivity index (χ2n) is 5.79. The first-order chi connectivity index (χ1) is 10.2. The van der Waals surface area contributed by atoms with Crippen LogP contribution in [0.4, 0.5) is 0 Å². The van der Waals surface area contributed by atoms with Gasteiger partial charge in [-0.3, -0.25) is 9.59 Å². The van der Waals surface area contributed by atoms with Crippen LogP contribution in [0.15, 0.2) is 24.3 Å². The molecular weight excluding hydrogens is 268 g/mol. The minimum absolute atomic E-state index is 0.102. The van der Waals surface area contributed by atoms with Crippen LogP contribution in [0.3, 0.4) is 0 Å². The zero-order chi connectivity index (χ0) is 14.8. The molecule has 1 aromatic carbocycles. The lowest BCUT2D eigenvalue weighted by Gasteiger charge is -2.15. The maximum atomic E-state index is 12.1. The van der Waals surface area contributed by atoms with E-state index in [-0.39, 0.29) is 17.7 Å². The molecule has 1 aliphatic carbocycles. The van der Waals surface area contributed by atoms with Crippen LogP contribution in [-0.2, 0) is 4.79 Å². The Kier molecular flexibility index (Phi) is 3.82. The normalized spacial score (nSPS) is 21.5. The van der Waals surface area contributed by atoms with E-state index in [1.165, 1.54) is 0 Å². The van der Waals surface area contributed by atoms with Crippen molar-refractivity contribution in [2.45, 2.75) is 25.3 Å². The highest BCUT2D eigenvalue weighted by Gasteiger charge is 2.39. The van der Waals surface area contributed by atoms with Crippen molar-refractivity contribution in [2.75, 3.05) is 20.2 Å². The molecule has 2 amide bonds. The third-order valence-corrected chi connectivity index (χ3v) is 4.13. The zero-order valence-corrected chi connectivity index (χ0v) is 12.2. The van der Waals surface area contributed by atoms with Gasteiger partial charge in [-0.25, -0.2) is 0 Å². The molecule has 1 unspecified atom stereocenters. The summed E-state index contributed by atoms with van der Waals surface area (Å²) in [6, 6.07) is 7.49. The van der Waals surface area contributed by atoms with Crippen molar-refractivity contribution in [1.29, 1.82) is 0 Å². The van der Waals surface area contributed by atoms with Gasteiger partial charge in [0.2, 0.25) is 5.91 Å². The maximum absolute atomic E-state index is 12.1. The van der Waals surface area contributed by atoms with Gasteiger partial charge in [0.05, 0.1) is 7.11 Å². The number of hydrogen-bond donors (Lipinski definition) is 1. The summed E-state index contributed by atoms with van der Waals surface area (Å²) in [5.41, 5.74) is 0.610. The van der Waals surface area contributed by atoms with E-state index in [0.717, 1.165) is 25.1 Å². The molecule has 1 atom stereocenters. The molecule has 1 saturated heterocycles. The molecule has 1 saturated carbocycles. The molecule has 0 radical (unpaired) electrons. The third kappa shape index (κ3) is 3.17. The van der Waals surface area contributed by atoms with Gasteiger partial charge in [0.1, 0.15) is 5.75 Å². The molecule has 2 fully saturated rings. The Bertz CT molecular complexity index is 537. The van der Waals surface area contributed by atoms with Gasteiger partial charge in [0, 0.05) is 37.0 Å². The molecule has 21 heavy (non-hydrogen) atoms. The lowest BCUT2D eigenvalue weighted by atomic mass is 10.1. The van der Waals surface area contributed by atoms with E-state index in [9.17, 15) is 9.59 Å². The Hall–Kier alpha value is -2.04. The van der Waals surface area contributed by atoms with Crippen molar-refractivity contribution in [1.82, 2.24) is 10.2 Å². The molecule has 112 valence electrons. The van der Waals surface area contributed by atoms with E-state index < -0.39 is 0 Å². The number of nitrogens with zero attached hydrogens (tertiary/aromatic N) is 1. The van der Waals surface area contributed by atoms with Gasteiger partial charge in [-0.2, -0.15) is 0 Å². The number of hydrogen-bond acceptors (Lipinski definition) is 3. The Labute approximate surface area is 124 Å². The summed E-state index contributed by atoms with van der Waals surface area (Å²) in [5, 5.41) is 2.92. The monoisotopic (exact) mass is 288 g/mol. The molecule has 1 heterocycles. The summed E-state index contributed by atoms with van der Waals surface area (Å²) in [7, 11) is 1.60. The molecule has 5 heteroatoms. The summed E-state index contributed by atoms with van der Waals surface area (Å²) >= 11 is 0. The largest absolute Gasteiger partial charge is 0.497 e. The van der Waals surface area contributed by atoms with Crippen molar-refractivity contribution >= 4 is 11.8 Å². The molecule has 1 N–H and O–H groups in total. The fourth-order valence-electron chi connectivity index (χ4n) is 2.77. The second-order valence-corrected chi connectivity index (χ2v) is 5.79. The molecule has 5 nitrogen and oxygen atoms in total. The number of carbonyl (C=O) groups excluding carboxylic acids is 2. The molecule has 0 bridgehead atoms. The quantitative estimate of drug-likeness (QED) is 0.892. The van der Waals surface area contributed by atoms with Crippen LogP contribution in [0.5, 0.6) is 5.75 Å². The minimum Gasteiger partial charge on any atom is -0.497 e. The molecule has 0 aromatic heterocycles. The van der Waals surface area contributed by atoms with Crippen molar-refractivity contribution < 1.29 is 14.3 Å². The Morgan fingerprint density at radius 2 is 2.05 bits per heavy atom. The summed E-state index contributed by atoms with van der Waals surface area (Å²) in [5.74, 6) is 1.10. The number of ether oxygens (including phenoxy) is 1. The van der Waals surface area contributed by atoms with Crippen LogP contribution in [0.25, 0.3) is 0 Å². The van der Waals surface area contributed by atoms with E-state index in [1.807, 2.05) is 4.90 Å². The number of methoxy groups -OCH3 is 1. The molecule has 1 aliphatic heterocycles. The van der Waals surface area contributed by atoms with Crippen LogP contribution in [0.2, 0.25) is 0 Å². The number of rotatable bonds is 5. The number of amides is 2. The highest BCUT2D eigenvalue weighted by atomic mass is 16.5. The number of nitrogens with one attached hydrogen (secondary N) is 1. The van der Waals surface area contributed by atoms with Gasteiger partial charge in [-0.05, 0) is 37.1 Å². The van der Waals surface area contributed by atoms with Crippen LogP contribution in [-0.4, -0.2) is 43.0 Å². The van der Waals surface area contributed by atoms with Gasteiger partial charge in [0.25, 0.3) is 5.91 Å². The lowest BCUT2D eigenvalue weighted by molar-refractivity contribution is -0.128. The predicted octanol–water partition coefficient (Wildman–Crippen LogP) is 1.44. The average molecular weight is 288 g/mol. The van der Waals surface area contributed by atoms with Gasteiger partial charge in [0.15, 0.2) is 0 Å². The summed E-state index contributed by atoms with van der Waals surface area (Å²) in [6.45, 7) is 1.34. The van der Waals surface area contributed by atoms with E-state index in [0.29, 0.717) is 24.6 Å². The first kappa shape index (κ1) is 13.9. The third-order valence-electron chi connectivity index (χ3n) is 4.13. The minimum atomic E-state index is -0.102. The van der Waals surface area contributed by atoms with E-state index in [1.54, 1.807) is 31.4 Å². The number of likely N-dealkylation sites (tertiary alicyclic amines) is 1. The highest BCUT2D eigenvalue weighted by Crippen LogP contribution is 2.32. The second kappa shape index (κ2) is 5.76. The van der Waals surface area contributed by atoms with E-state index >= 15 is 0 Å². The first-order valence-corrected chi connectivity index (χ1v) is 7.39. The molecular formula is C16H20N2O3. The number of benzene rings is 1. The topological polar surface area (TPSA) is 58.6 Å². The fourth-order valence-corrected chi connectivity index (χ4v) is 2.77. The Morgan fingerprint density at radius 1 is 1.33 bits per heavy atom. The van der Waals surface area contributed by atoms with Gasteiger partial charge >= 0.3 is 0 Å². The SMILES string of the molecule is COc1ccc(C(=O)NCC2CC(=O)N(C3CC3)C2)cc1. The van der Waals surface area contributed by atoms with Crippen LogP contribution < -0.4 is 10.1 Å². The Morgan fingerprint density at radius 3 is 2.67 bits per heavy atom. The lowest BCUT2D eigenvalue weighted by Crippen LogP contribution is -2.32. The standard InChI is InChI=1S/C16H20N2O3/c1-21-14-6-2-12(3-7-14)16(20)17-9-11-8-15(19)18(10-11)13-4-5-13/h2-3,6-7,11,13H,4-5,8-10H2,1H3,(H,17,20). The predicted molar refractivity (Wildman–Crippen MR) is 78.2 cm³/mol. The highest BCUT2D eigenvalue weighted by molar-refractivity contribution is 5.94. The van der Waals surface area contributed by atoms with E-state index in [4.69, 9.17) is 4.74 Å². The molecule has 0 spiro atoms. The van der Waals surface area contributed by atoms with Crippen molar-refractivity contribution in [3.63, 3.8) is 0 Å². The van der Waals surface area contributed by atoms with Crippen molar-refractivity contribution in [3.05, 3.63) is 29.8 Å². The van der Waals surface area contributed by atoms with Crippen LogP contribution in [0, 0.1) is 5.92 Å². The Balaban J connectivity index is 1.50. The molecule has 3 rings (SSSR count). The van der Waals surface area contributed by atoms with Crippen molar-refractivity contribution in [3.8, 4) is 5.75 Å². The zero-order valence-electron chi connectivity index (χ0n) is 12.2. The van der Waals surface area contributed by atoms with Gasteiger partial charge < -0.3 is 15.0 Å². The van der Waals surface area contributed by atoms with Crippen molar-refractivity contribution in [2.24, 2.45) is 5.92 Å². The van der Waals surface area contributed by atoms with Gasteiger partial charge in [-0.15, -0.1) is 0 Å². The van der Waals surface area contributed by atoms with Gasteiger partial charge in [-0.1, -0.05) is 0 Å². The summed E-state index contributed by atoms with van der Waals surface area (Å²) in [6.07, 6.45) is 2.83. The van der Waals surface area contributed by atoms with Crippen LogP contribution in [0.1, 0.15) is 29.6 Å². The summed E-state index contributed by atoms with van der Waals surface area (Å²) < 4.78 is 5.07. The van der Waals surface area contributed by atoms with Crippen LogP contribution >= 0.6 is 0 Å².